The first-order chi connectivity index (χ1) is 20.8. The number of nitrogens with one attached hydrogen (secondary N) is 1. The van der Waals surface area contributed by atoms with Crippen molar-refractivity contribution in [1.82, 2.24) is 9.21 Å². The van der Waals surface area contributed by atoms with Crippen molar-refractivity contribution < 1.29 is 40.9 Å². The number of nitrogens with zero attached hydrogens (tertiary/aromatic N) is 2. The number of aliphatic hydroxyl groups excluding tert-OH is 1. The van der Waals surface area contributed by atoms with Crippen molar-refractivity contribution in [2.24, 2.45) is 5.92 Å². The van der Waals surface area contributed by atoms with Crippen LogP contribution in [0.2, 0.25) is 0 Å². The number of carbonyl (C=O) groups is 1. The lowest BCUT2D eigenvalue weighted by molar-refractivity contribution is 0.0389. The first-order valence-electron chi connectivity index (χ1n) is 13.8. The molecule has 1 aliphatic heterocycles. The highest BCUT2D eigenvalue weighted by Gasteiger charge is 2.36. The molecule has 14 heteroatoms. The first kappa shape index (κ1) is 33.1. The molecule has 1 amide bonds. The lowest BCUT2D eigenvalue weighted by Gasteiger charge is -2.38. The third kappa shape index (κ3) is 6.93. The summed E-state index contributed by atoms with van der Waals surface area (Å²) in [5.74, 6) is 0.0489. The summed E-state index contributed by atoms with van der Waals surface area (Å²) in [7, 11) is -3.71. The van der Waals surface area contributed by atoms with Crippen molar-refractivity contribution in [1.29, 1.82) is 0 Å². The number of amides is 1. The molecule has 4 rings (SSSR count). The number of rotatable bonds is 11. The summed E-state index contributed by atoms with van der Waals surface area (Å²) < 4.78 is 74.0. The fraction of sp³-hybridized carbons (Fsp3) is 0.367. The number of ether oxygens (including phenoxy) is 3. The van der Waals surface area contributed by atoms with Crippen LogP contribution < -0.4 is 18.9 Å². The molecule has 0 spiro atoms. The predicted octanol–water partition coefficient (Wildman–Crippen LogP) is 3.05. The maximum atomic E-state index is 13.7. The highest BCUT2D eigenvalue weighted by Crippen LogP contribution is 2.36. The van der Waals surface area contributed by atoms with Gasteiger partial charge in [-0.2, -0.15) is 4.31 Å². The molecular formula is C30H37N3O9S2. The molecule has 1 aliphatic rings. The van der Waals surface area contributed by atoms with Crippen LogP contribution in [0.25, 0.3) is 0 Å². The van der Waals surface area contributed by atoms with E-state index in [0.717, 1.165) is 4.31 Å². The summed E-state index contributed by atoms with van der Waals surface area (Å²) >= 11 is 0. The minimum Gasteiger partial charge on any atom is -0.497 e. The van der Waals surface area contributed by atoms with Gasteiger partial charge in [0, 0.05) is 19.5 Å². The van der Waals surface area contributed by atoms with Gasteiger partial charge in [0.25, 0.3) is 15.9 Å². The monoisotopic (exact) mass is 647 g/mol. The van der Waals surface area contributed by atoms with Gasteiger partial charge in [-0.3, -0.25) is 9.52 Å². The third-order valence-corrected chi connectivity index (χ3v) is 10.7. The number of sulfonamides is 2. The molecule has 1 heterocycles. The number of aliphatic hydroxyl groups is 1. The Morgan fingerprint density at radius 2 is 1.55 bits per heavy atom. The number of para-hydroxylation sites is 1. The number of hydrogen-bond donors (Lipinski definition) is 2. The normalized spacial score (nSPS) is 18.1. The molecule has 3 aromatic carbocycles. The van der Waals surface area contributed by atoms with Gasteiger partial charge >= 0.3 is 0 Å². The van der Waals surface area contributed by atoms with E-state index in [1.165, 1.54) is 80.8 Å². The number of likely N-dealkylation sites (N-methyl/N-ethyl adjacent to an activating group) is 1. The average molecular weight is 648 g/mol. The van der Waals surface area contributed by atoms with Crippen LogP contribution in [0.1, 0.15) is 24.2 Å². The van der Waals surface area contributed by atoms with Gasteiger partial charge < -0.3 is 24.2 Å². The Hall–Kier alpha value is -3.85. The molecule has 0 aliphatic carbocycles. The summed E-state index contributed by atoms with van der Waals surface area (Å²) in [5, 5.41) is 9.93. The van der Waals surface area contributed by atoms with Crippen LogP contribution in [0, 0.1) is 5.92 Å². The Morgan fingerprint density at radius 3 is 2.09 bits per heavy atom. The molecule has 12 nitrogen and oxygen atoms in total. The molecule has 0 aromatic heterocycles. The van der Waals surface area contributed by atoms with Crippen LogP contribution >= 0.6 is 0 Å². The van der Waals surface area contributed by atoms with Gasteiger partial charge in [-0.25, -0.2) is 16.8 Å². The highest BCUT2D eigenvalue weighted by molar-refractivity contribution is 7.92. The van der Waals surface area contributed by atoms with Gasteiger partial charge in [-0.05, 0) is 67.6 Å². The van der Waals surface area contributed by atoms with Crippen molar-refractivity contribution >= 4 is 31.6 Å². The third-order valence-electron chi connectivity index (χ3n) is 7.51. The molecule has 3 aromatic rings. The van der Waals surface area contributed by atoms with Crippen LogP contribution in [0.3, 0.4) is 0 Å². The minimum atomic E-state index is -4.13. The molecule has 0 fully saturated rings. The molecule has 2 N–H and O–H groups in total. The Bertz CT molecular complexity index is 1680. The SMILES string of the molecule is COc1ccc(S(=O)(=O)Nc2cccc3c2O[C@H](CN(C)S(=O)(=O)c2ccc(OC)cc2)[C@@H](C)CN([C@H](C)CO)C3=O)cc1. The van der Waals surface area contributed by atoms with Gasteiger partial charge in [0.2, 0.25) is 10.0 Å². The fourth-order valence-electron chi connectivity index (χ4n) is 4.78. The molecule has 0 radical (unpaired) electrons. The van der Waals surface area contributed by atoms with Gasteiger partial charge in [0.15, 0.2) is 5.75 Å². The lowest BCUT2D eigenvalue weighted by Crippen LogP contribution is -2.50. The zero-order valence-electron chi connectivity index (χ0n) is 25.1. The lowest BCUT2D eigenvalue weighted by atomic mass is 9.99. The van der Waals surface area contributed by atoms with E-state index in [1.54, 1.807) is 26.0 Å². The maximum Gasteiger partial charge on any atom is 0.262 e. The van der Waals surface area contributed by atoms with Gasteiger partial charge in [0.1, 0.15) is 17.6 Å². The zero-order chi connectivity index (χ0) is 32.2. The number of benzene rings is 3. The molecule has 0 unspecified atom stereocenters. The van der Waals surface area contributed by atoms with Crippen molar-refractivity contribution in [2.75, 3.05) is 45.7 Å². The maximum absolute atomic E-state index is 13.7. The molecule has 0 saturated heterocycles. The molecule has 44 heavy (non-hydrogen) atoms. The molecule has 0 saturated carbocycles. The minimum absolute atomic E-state index is 0.00281. The Kier molecular flexibility index (Phi) is 10.1. The van der Waals surface area contributed by atoms with E-state index in [0.29, 0.717) is 11.5 Å². The van der Waals surface area contributed by atoms with Crippen molar-refractivity contribution in [3.63, 3.8) is 0 Å². The summed E-state index contributed by atoms with van der Waals surface area (Å²) in [4.78, 5) is 15.2. The van der Waals surface area contributed by atoms with Crippen molar-refractivity contribution in [2.45, 2.75) is 35.8 Å². The number of anilines is 1. The van der Waals surface area contributed by atoms with E-state index in [4.69, 9.17) is 14.2 Å². The summed E-state index contributed by atoms with van der Waals surface area (Å²) in [6.45, 7) is 3.22. The van der Waals surface area contributed by atoms with Gasteiger partial charge in [0.05, 0.1) is 54.5 Å². The second-order valence-electron chi connectivity index (χ2n) is 10.5. The van der Waals surface area contributed by atoms with Crippen LogP contribution in [-0.2, 0) is 20.0 Å². The van der Waals surface area contributed by atoms with E-state index < -0.39 is 44.0 Å². The topological polar surface area (TPSA) is 152 Å². The Morgan fingerprint density at radius 1 is 0.977 bits per heavy atom. The van der Waals surface area contributed by atoms with E-state index in [1.807, 2.05) is 0 Å². The van der Waals surface area contributed by atoms with Crippen molar-refractivity contribution in [3.05, 3.63) is 72.3 Å². The second-order valence-corrected chi connectivity index (χ2v) is 14.3. The van der Waals surface area contributed by atoms with Crippen LogP contribution in [0.5, 0.6) is 17.2 Å². The van der Waals surface area contributed by atoms with E-state index in [-0.39, 0.29) is 46.5 Å². The largest absolute Gasteiger partial charge is 0.497 e. The fourth-order valence-corrected chi connectivity index (χ4v) is 7.02. The van der Waals surface area contributed by atoms with E-state index >= 15 is 0 Å². The molecule has 238 valence electrons. The number of methoxy groups -OCH3 is 2. The van der Waals surface area contributed by atoms with Crippen LogP contribution in [0.4, 0.5) is 5.69 Å². The summed E-state index contributed by atoms with van der Waals surface area (Å²) in [5.41, 5.74) is 0.0702. The first-order valence-corrected chi connectivity index (χ1v) is 16.7. The summed E-state index contributed by atoms with van der Waals surface area (Å²) in [6, 6.07) is 15.7. The standard InChI is InChI=1S/C30H37N3O9S2/c1-20-17-33(21(2)19-34)30(35)26-7-6-8-27(31-43(36,37)24-13-9-22(40-4)10-14-24)29(26)42-28(20)18-32(3)44(38,39)25-15-11-23(41-5)12-16-25/h6-16,20-21,28,31,34H,17-19H2,1-5H3/t20-,21+,28+/m0/s1. The zero-order valence-corrected chi connectivity index (χ0v) is 26.8. The van der Waals surface area contributed by atoms with Crippen LogP contribution in [-0.4, -0.2) is 90.2 Å². The number of hydrogen-bond acceptors (Lipinski definition) is 9. The van der Waals surface area contributed by atoms with Crippen molar-refractivity contribution in [3.8, 4) is 17.2 Å². The van der Waals surface area contributed by atoms with E-state index in [2.05, 4.69) is 4.72 Å². The second kappa shape index (κ2) is 13.4. The highest BCUT2D eigenvalue weighted by atomic mass is 32.2. The molecular weight excluding hydrogens is 610 g/mol. The Balaban J connectivity index is 1.74. The Labute approximate surface area is 258 Å². The quantitative estimate of drug-likeness (QED) is 0.320. The summed E-state index contributed by atoms with van der Waals surface area (Å²) in [6.07, 6.45) is -0.820. The molecule has 0 bridgehead atoms. The van der Waals surface area contributed by atoms with Gasteiger partial charge in [-0.1, -0.05) is 13.0 Å². The predicted molar refractivity (Wildman–Crippen MR) is 164 cm³/mol. The molecule has 3 atom stereocenters. The smallest absolute Gasteiger partial charge is 0.262 e. The average Bonchev–Trinajstić information content (AvgIpc) is 3.02. The van der Waals surface area contributed by atoms with Crippen LogP contribution in [0.15, 0.2) is 76.5 Å². The number of carbonyl (C=O) groups excluding carboxylic acids is 1. The number of fused-ring (bicyclic) bond motifs is 1. The van der Waals surface area contributed by atoms with Gasteiger partial charge in [-0.15, -0.1) is 0 Å². The van der Waals surface area contributed by atoms with E-state index in [9.17, 15) is 26.7 Å².